The van der Waals surface area contributed by atoms with Crippen molar-refractivity contribution < 1.29 is 18.0 Å². The standard InChI is InChI=1S/C17H21N3O4S/c1-18-16(21)11-25(23,24)12-6-8-20(9-7-12)17(22)14-10-19-15-5-3-2-4-13(14)15/h2-5,10,12,19H,6-9,11H2,1H3,(H,18,21). The number of fused-ring (bicyclic) bond motifs is 1. The Balaban J connectivity index is 1.68. The first-order chi connectivity index (χ1) is 11.9. The number of sulfone groups is 1. The molecule has 0 bridgehead atoms. The molecule has 1 fully saturated rings. The summed E-state index contributed by atoms with van der Waals surface area (Å²) in [5.41, 5.74) is 1.50. The van der Waals surface area contributed by atoms with Crippen LogP contribution in [-0.2, 0) is 14.6 Å². The van der Waals surface area contributed by atoms with Crippen molar-refractivity contribution in [3.8, 4) is 0 Å². The van der Waals surface area contributed by atoms with Crippen LogP contribution in [0.15, 0.2) is 30.5 Å². The Morgan fingerprint density at radius 2 is 1.92 bits per heavy atom. The van der Waals surface area contributed by atoms with Gasteiger partial charge in [0.15, 0.2) is 9.84 Å². The Morgan fingerprint density at radius 1 is 1.24 bits per heavy atom. The van der Waals surface area contributed by atoms with Crippen LogP contribution in [0.4, 0.5) is 0 Å². The third-order valence-corrected chi connectivity index (χ3v) is 6.82. The van der Waals surface area contributed by atoms with Gasteiger partial charge in [0.05, 0.1) is 10.8 Å². The molecule has 0 unspecified atom stereocenters. The van der Waals surface area contributed by atoms with Crippen LogP contribution in [0.5, 0.6) is 0 Å². The fraction of sp³-hybridized carbons (Fsp3) is 0.412. The Bertz CT molecular complexity index is 896. The van der Waals surface area contributed by atoms with E-state index in [2.05, 4.69) is 10.3 Å². The zero-order valence-electron chi connectivity index (χ0n) is 14.0. The molecule has 134 valence electrons. The number of amides is 2. The number of nitrogens with one attached hydrogen (secondary N) is 2. The zero-order chi connectivity index (χ0) is 18.0. The molecular formula is C17H21N3O4S. The highest BCUT2D eigenvalue weighted by Gasteiger charge is 2.33. The Morgan fingerprint density at radius 3 is 2.60 bits per heavy atom. The van der Waals surface area contributed by atoms with E-state index in [1.807, 2.05) is 24.3 Å². The van der Waals surface area contributed by atoms with E-state index in [4.69, 9.17) is 0 Å². The maximum absolute atomic E-state index is 12.7. The van der Waals surface area contributed by atoms with E-state index in [-0.39, 0.29) is 5.91 Å². The Labute approximate surface area is 146 Å². The maximum Gasteiger partial charge on any atom is 0.256 e. The van der Waals surface area contributed by atoms with E-state index >= 15 is 0 Å². The van der Waals surface area contributed by atoms with Crippen LogP contribution in [0.1, 0.15) is 23.2 Å². The van der Waals surface area contributed by atoms with Gasteiger partial charge < -0.3 is 15.2 Å². The SMILES string of the molecule is CNC(=O)CS(=O)(=O)C1CCN(C(=O)c2c[nH]c3ccccc23)CC1. The summed E-state index contributed by atoms with van der Waals surface area (Å²) in [7, 11) is -2.07. The average molecular weight is 363 g/mol. The number of aromatic nitrogens is 1. The number of H-pyrrole nitrogens is 1. The van der Waals surface area contributed by atoms with Gasteiger partial charge in [-0.05, 0) is 18.9 Å². The number of carbonyl (C=O) groups excluding carboxylic acids is 2. The van der Waals surface area contributed by atoms with Gasteiger partial charge in [-0.25, -0.2) is 8.42 Å². The number of para-hydroxylation sites is 1. The summed E-state index contributed by atoms with van der Waals surface area (Å²) >= 11 is 0. The highest BCUT2D eigenvalue weighted by molar-refractivity contribution is 7.92. The molecule has 3 rings (SSSR count). The highest BCUT2D eigenvalue weighted by atomic mass is 32.2. The number of hydrogen-bond donors (Lipinski definition) is 2. The van der Waals surface area contributed by atoms with E-state index < -0.39 is 26.7 Å². The molecule has 0 saturated carbocycles. The molecular weight excluding hydrogens is 342 g/mol. The summed E-state index contributed by atoms with van der Waals surface area (Å²) < 4.78 is 24.5. The molecule has 8 heteroatoms. The van der Waals surface area contributed by atoms with Gasteiger partial charge in [0.25, 0.3) is 5.91 Å². The molecule has 1 aliphatic heterocycles. The summed E-state index contributed by atoms with van der Waals surface area (Å²) in [6, 6.07) is 7.57. The second kappa shape index (κ2) is 6.87. The Kier molecular flexibility index (Phi) is 4.80. The summed E-state index contributed by atoms with van der Waals surface area (Å²) in [6.45, 7) is 0.742. The van der Waals surface area contributed by atoms with Crippen LogP contribution in [-0.4, -0.2) is 61.3 Å². The van der Waals surface area contributed by atoms with Crippen LogP contribution in [0, 0.1) is 0 Å². The van der Waals surface area contributed by atoms with Gasteiger partial charge in [0.2, 0.25) is 5.91 Å². The number of nitrogens with zero attached hydrogens (tertiary/aromatic N) is 1. The minimum Gasteiger partial charge on any atom is -0.360 e. The first-order valence-electron chi connectivity index (χ1n) is 8.20. The summed E-state index contributed by atoms with van der Waals surface area (Å²) in [5, 5.41) is 2.63. The minimum atomic E-state index is -3.49. The molecule has 1 aromatic carbocycles. The normalized spacial score (nSPS) is 16.1. The minimum absolute atomic E-state index is 0.0976. The van der Waals surface area contributed by atoms with Crippen LogP contribution < -0.4 is 5.32 Å². The molecule has 7 nitrogen and oxygen atoms in total. The van der Waals surface area contributed by atoms with Gasteiger partial charge >= 0.3 is 0 Å². The topological polar surface area (TPSA) is 99.3 Å². The molecule has 25 heavy (non-hydrogen) atoms. The van der Waals surface area contributed by atoms with Gasteiger partial charge in [-0.2, -0.15) is 0 Å². The van der Waals surface area contributed by atoms with Gasteiger partial charge in [0, 0.05) is 37.2 Å². The average Bonchev–Trinajstić information content (AvgIpc) is 3.05. The summed E-state index contributed by atoms with van der Waals surface area (Å²) in [5.74, 6) is -1.10. The lowest BCUT2D eigenvalue weighted by atomic mass is 10.1. The van der Waals surface area contributed by atoms with Crippen molar-refractivity contribution in [2.24, 2.45) is 0 Å². The number of benzene rings is 1. The van der Waals surface area contributed by atoms with Crippen LogP contribution in [0.25, 0.3) is 10.9 Å². The number of hydrogen-bond acceptors (Lipinski definition) is 4. The van der Waals surface area contributed by atoms with E-state index in [9.17, 15) is 18.0 Å². The lowest BCUT2D eigenvalue weighted by molar-refractivity contribution is -0.118. The van der Waals surface area contributed by atoms with Crippen molar-refractivity contribution in [2.75, 3.05) is 25.9 Å². The number of likely N-dealkylation sites (tertiary alicyclic amines) is 1. The maximum atomic E-state index is 12.7. The largest absolute Gasteiger partial charge is 0.360 e. The number of aromatic amines is 1. The van der Waals surface area contributed by atoms with Gasteiger partial charge in [-0.15, -0.1) is 0 Å². The molecule has 0 radical (unpaired) electrons. The number of carbonyl (C=O) groups is 2. The third-order valence-electron chi connectivity index (χ3n) is 4.67. The second-order valence-corrected chi connectivity index (χ2v) is 8.50. The third kappa shape index (κ3) is 3.53. The summed E-state index contributed by atoms with van der Waals surface area (Å²) in [4.78, 5) is 28.9. The molecule has 0 aliphatic carbocycles. The van der Waals surface area contributed by atoms with Gasteiger partial charge in [0.1, 0.15) is 5.75 Å². The van der Waals surface area contributed by atoms with E-state index in [1.54, 1.807) is 11.1 Å². The Hall–Kier alpha value is -2.35. The predicted molar refractivity (Wildman–Crippen MR) is 95.1 cm³/mol. The highest BCUT2D eigenvalue weighted by Crippen LogP contribution is 2.23. The molecule has 2 heterocycles. The molecule has 1 saturated heterocycles. The molecule has 1 aliphatic rings. The number of piperidine rings is 1. The molecule has 2 N–H and O–H groups in total. The van der Waals surface area contributed by atoms with Crippen LogP contribution >= 0.6 is 0 Å². The molecule has 0 spiro atoms. The molecule has 1 aromatic heterocycles. The van der Waals surface area contributed by atoms with Crippen molar-refractivity contribution in [1.29, 1.82) is 0 Å². The van der Waals surface area contributed by atoms with Gasteiger partial charge in [-0.1, -0.05) is 18.2 Å². The smallest absolute Gasteiger partial charge is 0.256 e. The monoisotopic (exact) mass is 363 g/mol. The lowest BCUT2D eigenvalue weighted by Gasteiger charge is -2.31. The quantitative estimate of drug-likeness (QED) is 0.844. The zero-order valence-corrected chi connectivity index (χ0v) is 14.8. The summed E-state index contributed by atoms with van der Waals surface area (Å²) in [6.07, 6.45) is 2.41. The van der Waals surface area contributed by atoms with Crippen LogP contribution in [0.2, 0.25) is 0 Å². The van der Waals surface area contributed by atoms with E-state index in [0.717, 1.165) is 10.9 Å². The van der Waals surface area contributed by atoms with Crippen molar-refractivity contribution in [3.63, 3.8) is 0 Å². The van der Waals surface area contributed by atoms with E-state index in [1.165, 1.54) is 7.05 Å². The second-order valence-electron chi connectivity index (χ2n) is 6.22. The first kappa shape index (κ1) is 17.5. The molecule has 0 atom stereocenters. The number of rotatable bonds is 4. The van der Waals surface area contributed by atoms with Gasteiger partial charge in [-0.3, -0.25) is 9.59 Å². The van der Waals surface area contributed by atoms with Crippen molar-refractivity contribution in [1.82, 2.24) is 15.2 Å². The molecule has 2 aromatic rings. The van der Waals surface area contributed by atoms with Crippen LogP contribution in [0.3, 0.4) is 0 Å². The van der Waals surface area contributed by atoms with Crippen molar-refractivity contribution in [2.45, 2.75) is 18.1 Å². The predicted octanol–water partition coefficient (Wildman–Crippen LogP) is 0.933. The van der Waals surface area contributed by atoms with Crippen molar-refractivity contribution >= 4 is 32.6 Å². The first-order valence-corrected chi connectivity index (χ1v) is 9.91. The fourth-order valence-corrected chi connectivity index (χ4v) is 4.88. The van der Waals surface area contributed by atoms with E-state index in [0.29, 0.717) is 31.5 Å². The fourth-order valence-electron chi connectivity index (χ4n) is 3.21. The van der Waals surface area contributed by atoms with Crippen molar-refractivity contribution in [3.05, 3.63) is 36.0 Å². The molecule has 2 amide bonds. The lowest BCUT2D eigenvalue weighted by Crippen LogP contribution is -2.44.